The monoisotopic (exact) mass is 470 g/mol. The number of carbonyl (C=O) groups excluding carboxylic acids is 1. The molecule has 2 fully saturated rings. The molecule has 0 radical (unpaired) electrons. The normalized spacial score (nSPS) is 25.5. The molecule has 0 unspecified atom stereocenters. The number of amides is 1. The fraction of sp³-hybridized carbons (Fsp3) is 0.947. The SMILES string of the molecule is CC(C)(C)OC(=O)N1C[C@@H](NS(=O)(=O)C2CC2)C(F)(F)[C@H]1CO[Si](C)(C)C(C)(C)C. The van der Waals surface area contributed by atoms with Crippen molar-refractivity contribution in [3.63, 3.8) is 0 Å². The van der Waals surface area contributed by atoms with E-state index in [4.69, 9.17) is 9.16 Å². The van der Waals surface area contributed by atoms with E-state index in [1.807, 2.05) is 33.9 Å². The summed E-state index contributed by atoms with van der Waals surface area (Å²) >= 11 is 0. The largest absolute Gasteiger partial charge is 0.444 e. The Labute approximate surface area is 180 Å². The van der Waals surface area contributed by atoms with E-state index < -0.39 is 59.8 Å². The van der Waals surface area contributed by atoms with E-state index in [9.17, 15) is 13.2 Å². The molecule has 2 aliphatic rings. The lowest BCUT2D eigenvalue weighted by atomic mass is 10.1. The summed E-state index contributed by atoms with van der Waals surface area (Å²) in [6.45, 7) is 13.9. The summed E-state index contributed by atoms with van der Waals surface area (Å²) in [6.07, 6.45) is 0.0157. The van der Waals surface area contributed by atoms with Crippen molar-refractivity contribution >= 4 is 24.4 Å². The number of hydrogen-bond acceptors (Lipinski definition) is 5. The molecule has 0 aromatic rings. The third kappa shape index (κ3) is 5.71. The van der Waals surface area contributed by atoms with Crippen molar-refractivity contribution < 1.29 is 31.2 Å². The number of likely N-dealkylation sites (tertiary alicyclic amines) is 1. The van der Waals surface area contributed by atoms with Crippen LogP contribution in [0.25, 0.3) is 0 Å². The van der Waals surface area contributed by atoms with Gasteiger partial charge >= 0.3 is 6.09 Å². The summed E-state index contributed by atoms with van der Waals surface area (Å²) in [6, 6.07) is -3.34. The van der Waals surface area contributed by atoms with Crippen molar-refractivity contribution in [1.29, 1.82) is 0 Å². The first-order chi connectivity index (χ1) is 13.3. The molecule has 30 heavy (non-hydrogen) atoms. The molecule has 0 spiro atoms. The molecule has 7 nitrogen and oxygen atoms in total. The summed E-state index contributed by atoms with van der Waals surface area (Å²) in [7, 11) is -6.23. The zero-order valence-electron chi connectivity index (χ0n) is 19.2. The second-order valence-corrected chi connectivity index (χ2v) is 17.6. The van der Waals surface area contributed by atoms with Gasteiger partial charge in [-0.1, -0.05) is 20.8 Å². The predicted octanol–water partition coefficient (Wildman–Crippen LogP) is 3.71. The average molecular weight is 471 g/mol. The predicted molar refractivity (Wildman–Crippen MR) is 114 cm³/mol. The molecule has 0 aromatic carbocycles. The van der Waals surface area contributed by atoms with Crippen LogP contribution in [0, 0.1) is 0 Å². The third-order valence-corrected chi connectivity index (χ3v) is 12.4. The highest BCUT2D eigenvalue weighted by Crippen LogP contribution is 2.41. The van der Waals surface area contributed by atoms with E-state index in [0.717, 1.165) is 4.90 Å². The molecule has 0 bridgehead atoms. The molecule has 1 aliphatic carbocycles. The summed E-state index contributed by atoms with van der Waals surface area (Å²) in [5.41, 5.74) is -0.872. The Morgan fingerprint density at radius 2 is 1.70 bits per heavy atom. The smallest absolute Gasteiger partial charge is 0.410 e. The van der Waals surface area contributed by atoms with Gasteiger partial charge in [-0.05, 0) is 51.7 Å². The maximum absolute atomic E-state index is 15.4. The maximum Gasteiger partial charge on any atom is 0.410 e. The van der Waals surface area contributed by atoms with Crippen molar-refractivity contribution in [2.75, 3.05) is 13.2 Å². The molecule has 176 valence electrons. The second-order valence-electron chi connectivity index (χ2n) is 10.8. The summed E-state index contributed by atoms with van der Waals surface area (Å²) in [5.74, 6) is -3.50. The molecule has 1 aliphatic heterocycles. The van der Waals surface area contributed by atoms with Gasteiger partial charge in [-0.3, -0.25) is 4.90 Å². The van der Waals surface area contributed by atoms with E-state index in [0.29, 0.717) is 12.8 Å². The van der Waals surface area contributed by atoms with Crippen molar-refractivity contribution in [3.05, 3.63) is 0 Å². The lowest BCUT2D eigenvalue weighted by molar-refractivity contribution is -0.0639. The highest BCUT2D eigenvalue weighted by Gasteiger charge is 2.60. The van der Waals surface area contributed by atoms with Crippen molar-refractivity contribution in [2.24, 2.45) is 0 Å². The van der Waals surface area contributed by atoms with Crippen LogP contribution in [-0.2, 0) is 19.2 Å². The molecule has 2 atom stereocenters. The molecule has 11 heteroatoms. The van der Waals surface area contributed by atoms with Crippen LogP contribution < -0.4 is 4.72 Å². The third-order valence-electron chi connectivity index (χ3n) is 5.97. The fourth-order valence-corrected chi connectivity index (χ4v) is 5.49. The van der Waals surface area contributed by atoms with Gasteiger partial charge in [-0.2, -0.15) is 0 Å². The van der Waals surface area contributed by atoms with E-state index in [1.54, 1.807) is 20.8 Å². The number of nitrogens with zero attached hydrogens (tertiary/aromatic N) is 1. The van der Waals surface area contributed by atoms with Crippen LogP contribution in [0.4, 0.5) is 13.6 Å². The molecular formula is C19H36F2N2O5SSi. The Morgan fingerprint density at radius 3 is 2.13 bits per heavy atom. The van der Waals surface area contributed by atoms with Crippen molar-refractivity contribution in [3.8, 4) is 0 Å². The standard InChI is InChI=1S/C19H36F2N2O5SSi/c1-17(2,3)28-16(24)23-11-14(22-29(25,26)13-9-10-13)19(20,21)15(23)12-27-30(7,8)18(4,5)6/h13-15,22H,9-12H2,1-8H3/t14-,15-/m1/s1. The number of ether oxygens (including phenoxy) is 1. The Hall–Kier alpha value is -0.783. The molecule has 2 rings (SSSR count). The van der Waals surface area contributed by atoms with E-state index in [2.05, 4.69) is 4.72 Å². The molecule has 1 heterocycles. The number of halogens is 2. The first kappa shape index (κ1) is 25.5. The minimum absolute atomic E-state index is 0.204. The number of sulfonamides is 1. The topological polar surface area (TPSA) is 84.9 Å². The van der Waals surface area contributed by atoms with Crippen LogP contribution in [0.3, 0.4) is 0 Å². The van der Waals surface area contributed by atoms with Crippen LogP contribution in [-0.4, -0.2) is 69.7 Å². The minimum atomic E-state index is -3.86. The summed E-state index contributed by atoms with van der Waals surface area (Å²) in [4.78, 5) is 13.6. The highest BCUT2D eigenvalue weighted by molar-refractivity contribution is 7.90. The van der Waals surface area contributed by atoms with Crippen LogP contribution >= 0.6 is 0 Å². The quantitative estimate of drug-likeness (QED) is 0.598. The van der Waals surface area contributed by atoms with Crippen molar-refractivity contribution in [1.82, 2.24) is 9.62 Å². The molecule has 1 amide bonds. The molecule has 0 aromatic heterocycles. The van der Waals surface area contributed by atoms with Gasteiger partial charge in [0.15, 0.2) is 8.32 Å². The molecule has 1 N–H and O–H groups in total. The Bertz CT molecular complexity index is 758. The van der Waals surface area contributed by atoms with Gasteiger partial charge in [0.05, 0.1) is 11.9 Å². The maximum atomic E-state index is 15.4. The first-order valence-electron chi connectivity index (χ1n) is 10.3. The minimum Gasteiger partial charge on any atom is -0.444 e. The Kier molecular flexibility index (Phi) is 6.77. The zero-order valence-corrected chi connectivity index (χ0v) is 21.0. The molecule has 1 saturated heterocycles. The van der Waals surface area contributed by atoms with Gasteiger partial charge in [0.2, 0.25) is 10.0 Å². The van der Waals surface area contributed by atoms with Gasteiger partial charge in [0.25, 0.3) is 5.92 Å². The van der Waals surface area contributed by atoms with E-state index in [-0.39, 0.29) is 11.6 Å². The van der Waals surface area contributed by atoms with Gasteiger partial charge < -0.3 is 9.16 Å². The van der Waals surface area contributed by atoms with Gasteiger partial charge in [0.1, 0.15) is 17.7 Å². The Morgan fingerprint density at radius 1 is 1.17 bits per heavy atom. The average Bonchev–Trinajstić information content (AvgIpc) is 3.31. The van der Waals surface area contributed by atoms with E-state index in [1.165, 1.54) is 0 Å². The van der Waals surface area contributed by atoms with Gasteiger partial charge in [0, 0.05) is 6.54 Å². The van der Waals surface area contributed by atoms with Crippen LogP contribution in [0.5, 0.6) is 0 Å². The Balaban J connectivity index is 2.28. The molecule has 1 saturated carbocycles. The van der Waals surface area contributed by atoms with Gasteiger partial charge in [-0.15, -0.1) is 0 Å². The number of rotatable bonds is 6. The molecular weight excluding hydrogens is 434 g/mol. The first-order valence-corrected chi connectivity index (χ1v) is 14.8. The number of hydrogen-bond donors (Lipinski definition) is 1. The van der Waals surface area contributed by atoms with E-state index >= 15 is 8.78 Å². The zero-order chi connectivity index (χ0) is 23.3. The fourth-order valence-electron chi connectivity index (χ4n) is 2.90. The number of nitrogens with one attached hydrogen (secondary N) is 1. The van der Waals surface area contributed by atoms with Crippen LogP contribution in [0.2, 0.25) is 18.1 Å². The number of alkyl halides is 2. The van der Waals surface area contributed by atoms with Crippen LogP contribution in [0.15, 0.2) is 0 Å². The lowest BCUT2D eigenvalue weighted by Crippen LogP contribution is -2.53. The summed E-state index contributed by atoms with van der Waals surface area (Å²) < 4.78 is 68.8. The number of carbonyl (C=O) groups is 1. The summed E-state index contributed by atoms with van der Waals surface area (Å²) in [5, 5.41) is -0.837. The van der Waals surface area contributed by atoms with Gasteiger partial charge in [-0.25, -0.2) is 26.7 Å². The lowest BCUT2D eigenvalue weighted by Gasteiger charge is -2.38. The highest BCUT2D eigenvalue weighted by atomic mass is 32.2. The van der Waals surface area contributed by atoms with Crippen molar-refractivity contribution in [2.45, 2.75) is 101 Å². The van der Waals surface area contributed by atoms with Crippen LogP contribution in [0.1, 0.15) is 54.4 Å². The second kappa shape index (κ2) is 7.97.